The van der Waals surface area contributed by atoms with Gasteiger partial charge in [0.05, 0.1) is 28.6 Å². The first-order chi connectivity index (χ1) is 11.8. The average molecular weight is 331 g/mol. The van der Waals surface area contributed by atoms with Gasteiger partial charge in [-0.05, 0) is 48.6 Å². The number of anilines is 2. The molecule has 116 valence electrons. The number of hydrogen-bond acceptors (Lipinski definition) is 4. The minimum atomic E-state index is 0.497. The number of nitrogens with zero attached hydrogens (tertiary/aromatic N) is 3. The van der Waals surface area contributed by atoms with Crippen LogP contribution in [0.5, 0.6) is 0 Å². The fourth-order valence-corrected chi connectivity index (χ4v) is 2.83. The summed E-state index contributed by atoms with van der Waals surface area (Å²) in [5.41, 5.74) is 3.45. The predicted molar refractivity (Wildman–Crippen MR) is 101 cm³/mol. The summed E-state index contributed by atoms with van der Waals surface area (Å²) in [5, 5.41) is 8.85. The van der Waals surface area contributed by atoms with E-state index in [0.29, 0.717) is 5.11 Å². The van der Waals surface area contributed by atoms with E-state index in [4.69, 9.17) is 12.2 Å². The first kappa shape index (κ1) is 14.5. The summed E-state index contributed by atoms with van der Waals surface area (Å²) in [7, 11) is 0. The molecule has 4 aromatic rings. The Morgan fingerprint density at radius 2 is 1.67 bits per heavy atom. The van der Waals surface area contributed by atoms with Crippen LogP contribution in [0.3, 0.4) is 0 Å². The van der Waals surface area contributed by atoms with Crippen molar-refractivity contribution in [3.63, 3.8) is 0 Å². The Labute approximate surface area is 143 Å². The van der Waals surface area contributed by atoms with Crippen LogP contribution in [-0.4, -0.2) is 20.1 Å². The molecular weight excluding hydrogens is 318 g/mol. The summed E-state index contributed by atoms with van der Waals surface area (Å²) < 4.78 is 0. The molecule has 2 N–H and O–H groups in total. The standard InChI is InChI=1S/C18H13N5S/c24-18(22-13-5-2-7-19-11-13)23-15-10-12-4-1-8-20-16(12)17-14(15)6-3-9-21-17/h1-11H,(H2,22,23,24). The Balaban J connectivity index is 1.74. The molecule has 0 aliphatic rings. The first-order valence-electron chi connectivity index (χ1n) is 7.42. The maximum Gasteiger partial charge on any atom is 0.175 e. The highest BCUT2D eigenvalue weighted by atomic mass is 32.1. The number of fused-ring (bicyclic) bond motifs is 3. The van der Waals surface area contributed by atoms with Gasteiger partial charge in [0.25, 0.3) is 0 Å². The van der Waals surface area contributed by atoms with Gasteiger partial charge in [0.1, 0.15) is 0 Å². The van der Waals surface area contributed by atoms with Gasteiger partial charge in [-0.2, -0.15) is 0 Å². The maximum absolute atomic E-state index is 5.42. The van der Waals surface area contributed by atoms with Gasteiger partial charge in [-0.25, -0.2) is 0 Å². The molecule has 0 aliphatic heterocycles. The highest BCUT2D eigenvalue weighted by Gasteiger charge is 2.09. The van der Waals surface area contributed by atoms with Gasteiger partial charge >= 0.3 is 0 Å². The minimum absolute atomic E-state index is 0.497. The van der Waals surface area contributed by atoms with Gasteiger partial charge < -0.3 is 10.6 Å². The van der Waals surface area contributed by atoms with Crippen LogP contribution >= 0.6 is 12.2 Å². The third-order valence-corrected chi connectivity index (χ3v) is 3.83. The molecule has 0 bridgehead atoms. The van der Waals surface area contributed by atoms with E-state index < -0.39 is 0 Å². The van der Waals surface area contributed by atoms with Gasteiger partial charge in [-0.3, -0.25) is 15.0 Å². The lowest BCUT2D eigenvalue weighted by molar-refractivity contribution is 1.33. The Hall–Kier alpha value is -3.12. The van der Waals surface area contributed by atoms with E-state index in [0.717, 1.165) is 33.2 Å². The topological polar surface area (TPSA) is 62.7 Å². The molecule has 0 aliphatic carbocycles. The highest BCUT2D eigenvalue weighted by molar-refractivity contribution is 7.80. The molecule has 0 fully saturated rings. The third kappa shape index (κ3) is 2.75. The highest BCUT2D eigenvalue weighted by Crippen LogP contribution is 2.29. The number of aromatic nitrogens is 3. The molecule has 3 heterocycles. The molecule has 4 rings (SSSR count). The summed E-state index contributed by atoms with van der Waals surface area (Å²) in [4.78, 5) is 13.0. The Kier molecular flexibility index (Phi) is 3.72. The van der Waals surface area contributed by atoms with Crippen molar-refractivity contribution in [2.75, 3.05) is 10.6 Å². The Morgan fingerprint density at radius 1 is 0.875 bits per heavy atom. The zero-order chi connectivity index (χ0) is 16.4. The van der Waals surface area contributed by atoms with Crippen molar-refractivity contribution in [2.24, 2.45) is 0 Å². The van der Waals surface area contributed by atoms with Crippen molar-refractivity contribution in [3.8, 4) is 0 Å². The monoisotopic (exact) mass is 331 g/mol. The average Bonchev–Trinajstić information content (AvgIpc) is 2.63. The van der Waals surface area contributed by atoms with Crippen LogP contribution in [0.4, 0.5) is 11.4 Å². The minimum Gasteiger partial charge on any atom is -0.332 e. The smallest absolute Gasteiger partial charge is 0.175 e. The van der Waals surface area contributed by atoms with E-state index in [1.807, 2.05) is 42.5 Å². The van der Waals surface area contributed by atoms with E-state index in [-0.39, 0.29) is 0 Å². The lowest BCUT2D eigenvalue weighted by Crippen LogP contribution is -2.19. The molecule has 5 nitrogen and oxygen atoms in total. The largest absolute Gasteiger partial charge is 0.332 e. The predicted octanol–water partition coefficient (Wildman–Crippen LogP) is 3.99. The van der Waals surface area contributed by atoms with E-state index in [9.17, 15) is 0 Å². The zero-order valence-corrected chi connectivity index (χ0v) is 13.4. The molecule has 0 radical (unpaired) electrons. The normalized spacial score (nSPS) is 10.7. The molecule has 1 aromatic carbocycles. The zero-order valence-electron chi connectivity index (χ0n) is 12.6. The fraction of sp³-hybridized carbons (Fsp3) is 0. The van der Waals surface area contributed by atoms with Gasteiger partial charge in [0.2, 0.25) is 0 Å². The van der Waals surface area contributed by atoms with Crippen LogP contribution in [0.1, 0.15) is 0 Å². The molecule has 24 heavy (non-hydrogen) atoms. The lowest BCUT2D eigenvalue weighted by atomic mass is 10.1. The quantitative estimate of drug-likeness (QED) is 0.428. The van der Waals surface area contributed by atoms with Crippen molar-refractivity contribution in [1.82, 2.24) is 15.0 Å². The van der Waals surface area contributed by atoms with E-state index in [1.54, 1.807) is 24.8 Å². The van der Waals surface area contributed by atoms with E-state index in [1.165, 1.54) is 0 Å². The number of rotatable bonds is 2. The molecule has 0 unspecified atom stereocenters. The number of nitrogens with one attached hydrogen (secondary N) is 2. The summed E-state index contributed by atoms with van der Waals surface area (Å²) in [6.07, 6.45) is 6.99. The van der Waals surface area contributed by atoms with Crippen LogP contribution in [0.25, 0.3) is 21.8 Å². The fourth-order valence-electron chi connectivity index (χ4n) is 2.60. The third-order valence-electron chi connectivity index (χ3n) is 3.63. The first-order valence-corrected chi connectivity index (χ1v) is 7.82. The summed E-state index contributed by atoms with van der Waals surface area (Å²) >= 11 is 5.42. The van der Waals surface area contributed by atoms with Gasteiger partial charge in [-0.1, -0.05) is 6.07 Å². The summed E-state index contributed by atoms with van der Waals surface area (Å²) in [5.74, 6) is 0. The van der Waals surface area contributed by atoms with Crippen LogP contribution in [-0.2, 0) is 0 Å². The van der Waals surface area contributed by atoms with Crippen LogP contribution in [0.2, 0.25) is 0 Å². The molecule has 0 saturated carbocycles. The maximum atomic E-state index is 5.42. The van der Waals surface area contributed by atoms with Crippen LogP contribution in [0, 0.1) is 0 Å². The van der Waals surface area contributed by atoms with Crippen molar-refractivity contribution in [3.05, 3.63) is 67.3 Å². The van der Waals surface area contributed by atoms with Gasteiger partial charge in [0, 0.05) is 29.4 Å². The van der Waals surface area contributed by atoms with Gasteiger partial charge in [0.15, 0.2) is 5.11 Å². The molecule has 6 heteroatoms. The number of pyridine rings is 3. The Morgan fingerprint density at radius 3 is 2.50 bits per heavy atom. The number of benzene rings is 1. The number of thiocarbonyl (C=S) groups is 1. The van der Waals surface area contributed by atoms with Crippen molar-refractivity contribution < 1.29 is 0 Å². The SMILES string of the molecule is S=C(Nc1cccnc1)Nc1cc2cccnc2c2ncccc12. The van der Waals surface area contributed by atoms with Crippen molar-refractivity contribution in [1.29, 1.82) is 0 Å². The molecule has 0 saturated heterocycles. The van der Waals surface area contributed by atoms with E-state index in [2.05, 4.69) is 25.6 Å². The van der Waals surface area contributed by atoms with Crippen LogP contribution in [0.15, 0.2) is 67.3 Å². The summed E-state index contributed by atoms with van der Waals surface area (Å²) in [6, 6.07) is 13.6. The number of hydrogen-bond donors (Lipinski definition) is 2. The lowest BCUT2D eigenvalue weighted by Gasteiger charge is -2.13. The van der Waals surface area contributed by atoms with E-state index >= 15 is 0 Å². The second-order valence-corrected chi connectivity index (χ2v) is 5.63. The molecular formula is C18H13N5S. The van der Waals surface area contributed by atoms with Crippen molar-refractivity contribution >= 4 is 50.5 Å². The molecule has 0 amide bonds. The van der Waals surface area contributed by atoms with Crippen LogP contribution < -0.4 is 10.6 Å². The molecule has 0 spiro atoms. The second-order valence-electron chi connectivity index (χ2n) is 5.22. The second kappa shape index (κ2) is 6.17. The Bertz CT molecular complexity index is 1030. The summed E-state index contributed by atoms with van der Waals surface area (Å²) in [6.45, 7) is 0. The molecule has 3 aromatic heterocycles. The van der Waals surface area contributed by atoms with Crippen molar-refractivity contribution in [2.45, 2.75) is 0 Å². The van der Waals surface area contributed by atoms with Gasteiger partial charge in [-0.15, -0.1) is 0 Å². The molecule has 0 atom stereocenters.